The lowest BCUT2D eigenvalue weighted by Gasteiger charge is -2.08. The Balaban J connectivity index is 3.82. The fourth-order valence-corrected chi connectivity index (χ4v) is 0.717. The summed E-state index contributed by atoms with van der Waals surface area (Å²) in [6.45, 7) is 5.64. The van der Waals surface area contributed by atoms with E-state index in [1.165, 1.54) is 6.92 Å². The highest BCUT2D eigenvalue weighted by Gasteiger charge is 2.13. The van der Waals surface area contributed by atoms with Crippen molar-refractivity contribution in [3.05, 3.63) is 0 Å². The van der Waals surface area contributed by atoms with Gasteiger partial charge in [0.05, 0.1) is 12.5 Å². The van der Waals surface area contributed by atoms with Gasteiger partial charge in [-0.05, 0) is 33.0 Å². The molecule has 0 bridgehead atoms. The lowest BCUT2D eigenvalue weighted by Crippen LogP contribution is -2.19. The summed E-state index contributed by atoms with van der Waals surface area (Å²) in [4.78, 5) is 10.7. The second-order valence-electron chi connectivity index (χ2n) is 2.08. The molecule has 0 rings (SSSR count). The van der Waals surface area contributed by atoms with E-state index in [2.05, 4.69) is 0 Å². The quantitative estimate of drug-likeness (QED) is 0.586. The number of hydrogen-bond donors (Lipinski definition) is 0. The van der Waals surface area contributed by atoms with Crippen molar-refractivity contribution in [1.29, 1.82) is 0 Å². The van der Waals surface area contributed by atoms with Gasteiger partial charge in [-0.3, -0.25) is 4.79 Å². The second-order valence-corrected chi connectivity index (χ2v) is 2.49. The van der Waals surface area contributed by atoms with Crippen molar-refractivity contribution in [1.82, 2.24) is 0 Å². The molecule has 0 fully saturated rings. The molecule has 2 nitrogen and oxygen atoms in total. The second kappa shape index (κ2) is 4.39. The normalized spacial score (nSPS) is 12.3. The lowest BCUT2D eigenvalue weighted by molar-refractivity contribution is -0.118. The van der Waals surface area contributed by atoms with Crippen molar-refractivity contribution < 1.29 is 9.53 Å². The molecular formula is C7H12O2S. The minimum Gasteiger partial charge on any atom is -0.487 e. The van der Waals surface area contributed by atoms with Gasteiger partial charge in [-0.25, -0.2) is 0 Å². The third-order valence-electron chi connectivity index (χ3n) is 1.25. The monoisotopic (exact) mass is 160 g/mol. The van der Waals surface area contributed by atoms with Crippen LogP contribution >= 0.6 is 12.2 Å². The van der Waals surface area contributed by atoms with E-state index < -0.39 is 0 Å². The highest BCUT2D eigenvalue weighted by Crippen LogP contribution is 2.01. The van der Waals surface area contributed by atoms with Crippen molar-refractivity contribution >= 4 is 23.1 Å². The molecule has 0 aliphatic heterocycles. The van der Waals surface area contributed by atoms with E-state index in [1.54, 1.807) is 6.92 Å². The Bertz CT molecular complexity index is 143. The molecule has 1 unspecified atom stereocenters. The zero-order valence-corrected chi connectivity index (χ0v) is 7.33. The minimum absolute atomic E-state index is 0.0541. The molecule has 0 spiro atoms. The lowest BCUT2D eigenvalue weighted by atomic mass is 10.1. The van der Waals surface area contributed by atoms with Crippen LogP contribution < -0.4 is 0 Å². The van der Waals surface area contributed by atoms with E-state index in [-0.39, 0.29) is 11.7 Å². The number of Topliss-reactive ketones (excluding diaryl/α,β-unsaturated/α-hetero) is 1. The van der Waals surface area contributed by atoms with Crippen molar-refractivity contribution in [2.75, 3.05) is 6.61 Å². The van der Waals surface area contributed by atoms with E-state index in [0.717, 1.165) is 0 Å². The van der Waals surface area contributed by atoms with Crippen molar-refractivity contribution in [2.24, 2.45) is 5.92 Å². The first kappa shape index (κ1) is 9.56. The van der Waals surface area contributed by atoms with Crippen molar-refractivity contribution in [2.45, 2.75) is 20.8 Å². The number of ether oxygens (including phenoxy) is 1. The van der Waals surface area contributed by atoms with E-state index in [4.69, 9.17) is 17.0 Å². The average Bonchev–Trinajstić information content (AvgIpc) is 1.87. The summed E-state index contributed by atoms with van der Waals surface area (Å²) in [7, 11) is 0. The molecule has 1 atom stereocenters. The Morgan fingerprint density at radius 2 is 2.20 bits per heavy atom. The first-order chi connectivity index (χ1) is 4.59. The van der Waals surface area contributed by atoms with Crippen LogP contribution in [-0.2, 0) is 9.53 Å². The zero-order chi connectivity index (χ0) is 8.15. The minimum atomic E-state index is -0.241. The van der Waals surface area contributed by atoms with Crippen LogP contribution in [0, 0.1) is 5.92 Å². The molecule has 58 valence electrons. The molecule has 0 aromatic heterocycles. The van der Waals surface area contributed by atoms with Gasteiger partial charge in [-0.2, -0.15) is 0 Å². The highest BCUT2D eigenvalue weighted by atomic mass is 32.1. The Hall–Kier alpha value is -0.440. The van der Waals surface area contributed by atoms with Gasteiger partial charge in [0.2, 0.25) is 0 Å². The molecule has 0 aromatic rings. The molecule has 0 saturated heterocycles. The first-order valence-corrected chi connectivity index (χ1v) is 3.67. The third kappa shape index (κ3) is 2.92. The highest BCUT2D eigenvalue weighted by molar-refractivity contribution is 7.80. The fraction of sp³-hybridized carbons (Fsp3) is 0.714. The fourth-order valence-electron chi connectivity index (χ4n) is 0.433. The summed E-state index contributed by atoms with van der Waals surface area (Å²) >= 11 is 4.81. The van der Waals surface area contributed by atoms with E-state index in [1.807, 2.05) is 6.92 Å². The van der Waals surface area contributed by atoms with Crippen LogP contribution in [0.15, 0.2) is 0 Å². The number of ketones is 1. The van der Waals surface area contributed by atoms with Gasteiger partial charge in [0, 0.05) is 0 Å². The third-order valence-corrected chi connectivity index (χ3v) is 1.72. The molecule has 0 aromatic carbocycles. The predicted octanol–water partition coefficient (Wildman–Crippen LogP) is 1.58. The Kier molecular flexibility index (Phi) is 4.19. The number of carbonyl (C=O) groups excluding carboxylic acids is 1. The first-order valence-electron chi connectivity index (χ1n) is 3.26. The number of carbonyl (C=O) groups is 1. The molecule has 10 heavy (non-hydrogen) atoms. The predicted molar refractivity (Wildman–Crippen MR) is 44.1 cm³/mol. The van der Waals surface area contributed by atoms with Crippen molar-refractivity contribution in [3.8, 4) is 0 Å². The summed E-state index contributed by atoms with van der Waals surface area (Å²) in [6.07, 6.45) is 0. The van der Waals surface area contributed by atoms with Crippen LogP contribution in [0.3, 0.4) is 0 Å². The van der Waals surface area contributed by atoms with E-state index in [0.29, 0.717) is 11.7 Å². The summed E-state index contributed by atoms with van der Waals surface area (Å²) in [5, 5.41) is 0.398. The maximum Gasteiger partial charge on any atom is 0.169 e. The molecule has 0 saturated carbocycles. The molecule has 0 N–H and O–H groups in total. The molecule has 0 aliphatic carbocycles. The van der Waals surface area contributed by atoms with Crippen LogP contribution in [0.5, 0.6) is 0 Å². The largest absolute Gasteiger partial charge is 0.487 e. The summed E-state index contributed by atoms with van der Waals surface area (Å²) in [5.74, 6) is -0.187. The molecule has 0 radical (unpaired) electrons. The number of rotatable bonds is 3. The van der Waals surface area contributed by atoms with Crippen LogP contribution in [0.4, 0.5) is 0 Å². The maximum absolute atomic E-state index is 10.7. The number of hydrogen-bond acceptors (Lipinski definition) is 3. The van der Waals surface area contributed by atoms with Gasteiger partial charge in [0.25, 0.3) is 0 Å². The summed E-state index contributed by atoms with van der Waals surface area (Å²) in [6, 6.07) is 0. The summed E-state index contributed by atoms with van der Waals surface area (Å²) in [5.41, 5.74) is 0. The van der Waals surface area contributed by atoms with Gasteiger partial charge in [0.15, 0.2) is 5.05 Å². The zero-order valence-electron chi connectivity index (χ0n) is 6.51. The Labute approximate surface area is 66.6 Å². The smallest absolute Gasteiger partial charge is 0.169 e. The maximum atomic E-state index is 10.7. The molecular weight excluding hydrogens is 148 g/mol. The molecule has 3 heteroatoms. The standard InChI is InChI=1S/C7H12O2S/c1-4-9-7(10)5(2)6(3)8/h5H,4H2,1-3H3. The van der Waals surface area contributed by atoms with Crippen LogP contribution in [-0.4, -0.2) is 17.4 Å². The van der Waals surface area contributed by atoms with E-state index in [9.17, 15) is 4.79 Å². The topological polar surface area (TPSA) is 26.3 Å². The molecule has 0 amide bonds. The van der Waals surface area contributed by atoms with Crippen LogP contribution in [0.1, 0.15) is 20.8 Å². The van der Waals surface area contributed by atoms with Gasteiger partial charge < -0.3 is 4.74 Å². The SMILES string of the molecule is CCOC(=S)C(C)C(C)=O. The summed E-state index contributed by atoms with van der Waals surface area (Å²) < 4.78 is 4.98. The van der Waals surface area contributed by atoms with Gasteiger partial charge >= 0.3 is 0 Å². The number of thiocarbonyl (C=S) groups is 1. The van der Waals surface area contributed by atoms with E-state index >= 15 is 0 Å². The van der Waals surface area contributed by atoms with Gasteiger partial charge in [-0.1, -0.05) is 0 Å². The molecule has 0 aliphatic rings. The van der Waals surface area contributed by atoms with Gasteiger partial charge in [0.1, 0.15) is 5.78 Å². The molecule has 0 heterocycles. The van der Waals surface area contributed by atoms with Crippen molar-refractivity contribution in [3.63, 3.8) is 0 Å². The van der Waals surface area contributed by atoms with Crippen LogP contribution in [0.25, 0.3) is 0 Å². The average molecular weight is 160 g/mol. The van der Waals surface area contributed by atoms with Gasteiger partial charge in [-0.15, -0.1) is 0 Å². The van der Waals surface area contributed by atoms with Crippen LogP contribution in [0.2, 0.25) is 0 Å². The Morgan fingerprint density at radius 1 is 1.70 bits per heavy atom. The Morgan fingerprint density at radius 3 is 2.50 bits per heavy atom.